The highest BCUT2D eigenvalue weighted by Gasteiger charge is 1.94. The number of aliphatic carboxylic acids is 1. The van der Waals surface area contributed by atoms with Crippen molar-refractivity contribution in [3.05, 3.63) is 72.9 Å². The Labute approximate surface area is 157 Å². The van der Waals surface area contributed by atoms with Gasteiger partial charge in [0.1, 0.15) is 0 Å². The van der Waals surface area contributed by atoms with Crippen LogP contribution in [0.4, 0.5) is 0 Å². The average Bonchev–Trinajstić information content (AvgIpc) is 2.60. The van der Waals surface area contributed by atoms with E-state index >= 15 is 0 Å². The Morgan fingerprint density at radius 3 is 1.92 bits per heavy atom. The van der Waals surface area contributed by atoms with Crippen LogP contribution in [0.5, 0.6) is 0 Å². The molecule has 26 heavy (non-hydrogen) atoms. The van der Waals surface area contributed by atoms with Crippen LogP contribution in [0.2, 0.25) is 0 Å². The first kappa shape index (κ1) is 23.8. The molecule has 0 saturated carbocycles. The number of carboxylic acid groups (broad SMARTS) is 1. The van der Waals surface area contributed by atoms with Crippen molar-refractivity contribution < 1.29 is 20.1 Å². The second-order valence-corrected chi connectivity index (χ2v) is 5.73. The van der Waals surface area contributed by atoms with Gasteiger partial charge in [-0.2, -0.15) is 0 Å². The fourth-order valence-electron chi connectivity index (χ4n) is 1.90. The Morgan fingerprint density at radius 2 is 1.38 bits per heavy atom. The molecule has 4 heteroatoms. The molecule has 0 amide bonds. The smallest absolute Gasteiger partial charge is 0.0758 e. The van der Waals surface area contributed by atoms with Gasteiger partial charge >= 0.3 is 0 Å². The summed E-state index contributed by atoms with van der Waals surface area (Å²) >= 11 is 0. The molecule has 0 saturated heterocycles. The zero-order chi connectivity index (χ0) is 19.5. The van der Waals surface area contributed by atoms with Gasteiger partial charge in [-0.15, -0.1) is 0 Å². The van der Waals surface area contributed by atoms with Gasteiger partial charge in [0.2, 0.25) is 0 Å². The second-order valence-electron chi connectivity index (χ2n) is 5.73. The van der Waals surface area contributed by atoms with Crippen LogP contribution in [-0.2, 0) is 4.79 Å². The van der Waals surface area contributed by atoms with E-state index in [-0.39, 0.29) is 6.42 Å². The highest BCUT2D eigenvalue weighted by Crippen LogP contribution is 2.00. The first-order valence-corrected chi connectivity index (χ1v) is 9.08. The van der Waals surface area contributed by atoms with Crippen molar-refractivity contribution in [1.82, 2.24) is 0 Å². The Balaban J connectivity index is 3.91. The third-order valence-corrected chi connectivity index (χ3v) is 3.28. The lowest BCUT2D eigenvalue weighted by molar-refractivity contribution is -0.305. The number of aliphatic hydroxyl groups excluding tert-OH is 2. The van der Waals surface area contributed by atoms with E-state index in [0.717, 1.165) is 12.8 Å². The van der Waals surface area contributed by atoms with Gasteiger partial charge < -0.3 is 20.1 Å². The minimum Gasteiger partial charge on any atom is -0.550 e. The Morgan fingerprint density at radius 1 is 0.846 bits per heavy atom. The Kier molecular flexibility index (Phi) is 16.2. The van der Waals surface area contributed by atoms with Crippen LogP contribution in [0.25, 0.3) is 0 Å². The molecule has 2 atom stereocenters. The summed E-state index contributed by atoms with van der Waals surface area (Å²) in [5.74, 6) is -1.07. The second kappa shape index (κ2) is 17.6. The molecule has 0 spiro atoms. The summed E-state index contributed by atoms with van der Waals surface area (Å²) in [5.41, 5.74) is 0. The largest absolute Gasteiger partial charge is 0.550 e. The van der Waals surface area contributed by atoms with Gasteiger partial charge in [-0.3, -0.25) is 0 Å². The Hall–Kier alpha value is -2.17. The minimum absolute atomic E-state index is 0.00491. The molecule has 0 heterocycles. The van der Waals surface area contributed by atoms with Crippen molar-refractivity contribution >= 4 is 5.97 Å². The monoisotopic (exact) mass is 359 g/mol. The van der Waals surface area contributed by atoms with Crippen molar-refractivity contribution in [3.63, 3.8) is 0 Å². The van der Waals surface area contributed by atoms with Gasteiger partial charge in [0.05, 0.1) is 12.2 Å². The predicted molar refractivity (Wildman–Crippen MR) is 105 cm³/mol. The predicted octanol–water partition coefficient (Wildman–Crippen LogP) is 3.16. The number of carbonyl (C=O) groups is 1. The van der Waals surface area contributed by atoms with E-state index in [9.17, 15) is 20.1 Å². The fraction of sp³-hybridized carbons (Fsp3) is 0.409. The number of aliphatic hydroxyl groups is 2. The van der Waals surface area contributed by atoms with Crippen molar-refractivity contribution in [3.8, 4) is 0 Å². The number of allylic oxidation sites excluding steroid dienone is 8. The van der Waals surface area contributed by atoms with Crippen LogP contribution >= 0.6 is 0 Å². The van der Waals surface area contributed by atoms with Gasteiger partial charge in [0.25, 0.3) is 0 Å². The van der Waals surface area contributed by atoms with E-state index in [1.165, 1.54) is 0 Å². The Bertz CT molecular complexity index is 524. The average molecular weight is 359 g/mol. The van der Waals surface area contributed by atoms with Crippen LogP contribution in [0.1, 0.15) is 45.4 Å². The van der Waals surface area contributed by atoms with Gasteiger partial charge in [0, 0.05) is 5.97 Å². The maximum Gasteiger partial charge on any atom is 0.0758 e. The maximum absolute atomic E-state index is 10.2. The van der Waals surface area contributed by atoms with Crippen LogP contribution in [-0.4, -0.2) is 28.4 Å². The van der Waals surface area contributed by atoms with Gasteiger partial charge in [-0.25, -0.2) is 0 Å². The lowest BCUT2D eigenvalue weighted by Crippen LogP contribution is -2.21. The molecule has 0 aromatic rings. The third kappa shape index (κ3) is 18.2. The number of hydrogen-bond donors (Lipinski definition) is 2. The third-order valence-electron chi connectivity index (χ3n) is 3.28. The van der Waals surface area contributed by atoms with Gasteiger partial charge in [-0.1, -0.05) is 79.8 Å². The topological polar surface area (TPSA) is 80.6 Å². The van der Waals surface area contributed by atoms with E-state index in [2.05, 4.69) is 19.1 Å². The lowest BCUT2D eigenvalue weighted by atomic mass is 10.2. The summed E-state index contributed by atoms with van der Waals surface area (Å²) in [6, 6.07) is 0. The molecule has 0 aromatic heterocycles. The van der Waals surface area contributed by atoms with Crippen molar-refractivity contribution in [2.45, 2.75) is 57.7 Å². The molecule has 4 nitrogen and oxygen atoms in total. The number of carbonyl (C=O) groups excluding carboxylic acids is 1. The number of hydrogen-bond acceptors (Lipinski definition) is 4. The number of rotatable bonds is 14. The van der Waals surface area contributed by atoms with Crippen LogP contribution in [0.15, 0.2) is 72.9 Å². The number of carboxylic acids is 1. The summed E-state index contributed by atoms with van der Waals surface area (Å²) in [6.45, 7) is 2.10. The van der Waals surface area contributed by atoms with E-state index in [4.69, 9.17) is 0 Å². The summed E-state index contributed by atoms with van der Waals surface area (Å²) in [6.07, 6.45) is 24.4. The quantitative estimate of drug-likeness (QED) is 0.369. The van der Waals surface area contributed by atoms with E-state index in [1.807, 2.05) is 12.2 Å². The molecule has 0 aliphatic carbocycles. The maximum atomic E-state index is 10.2. The summed E-state index contributed by atoms with van der Waals surface area (Å²) in [4.78, 5) is 10.2. The van der Waals surface area contributed by atoms with Crippen LogP contribution < -0.4 is 5.11 Å². The molecular weight excluding hydrogens is 328 g/mol. The molecule has 0 radical (unpaired) electrons. The zero-order valence-corrected chi connectivity index (χ0v) is 15.5. The first-order chi connectivity index (χ1) is 12.6. The summed E-state index contributed by atoms with van der Waals surface area (Å²) < 4.78 is 0. The van der Waals surface area contributed by atoms with Crippen LogP contribution in [0, 0.1) is 0 Å². The summed E-state index contributed by atoms with van der Waals surface area (Å²) in [7, 11) is 0. The highest BCUT2D eigenvalue weighted by molar-refractivity contribution is 5.64. The SMILES string of the molecule is CC/C=C\C/C=C\C[C@H](O)\C=C/C=C/C=C/[C@@H](O)C/C=C\CCC(=O)[O-]. The molecule has 0 aliphatic heterocycles. The van der Waals surface area contributed by atoms with E-state index in [0.29, 0.717) is 19.3 Å². The minimum atomic E-state index is -1.07. The molecular formula is C22H31O4-. The molecule has 0 bridgehead atoms. The summed E-state index contributed by atoms with van der Waals surface area (Å²) in [5, 5.41) is 29.7. The lowest BCUT2D eigenvalue weighted by Gasteiger charge is -2.00. The molecule has 0 aliphatic rings. The van der Waals surface area contributed by atoms with Crippen molar-refractivity contribution in [2.75, 3.05) is 0 Å². The van der Waals surface area contributed by atoms with Crippen LogP contribution in [0.3, 0.4) is 0 Å². The van der Waals surface area contributed by atoms with E-state index < -0.39 is 18.2 Å². The molecule has 0 rings (SSSR count). The molecule has 144 valence electrons. The standard InChI is InChI=1S/C22H32O4/c1-2-3-4-5-6-10-15-20(23)16-11-7-8-12-17-21(24)18-13-9-14-19-22(25)26/h3-4,6-13,16-17,20-21,23-24H,2,5,14-15,18-19H2,1H3,(H,25,26)/p-1/b4-3-,8-7+,10-6-,13-9-,16-11-,17-12+/t20-,21+/m0/s1. The van der Waals surface area contributed by atoms with E-state index in [1.54, 1.807) is 48.6 Å². The normalized spacial score (nSPS) is 15.5. The van der Waals surface area contributed by atoms with Gasteiger partial charge in [0.15, 0.2) is 0 Å². The van der Waals surface area contributed by atoms with Gasteiger partial charge in [-0.05, 0) is 38.5 Å². The molecule has 0 aromatic carbocycles. The first-order valence-electron chi connectivity index (χ1n) is 9.08. The molecule has 0 fully saturated rings. The zero-order valence-electron chi connectivity index (χ0n) is 15.5. The molecule has 2 N–H and O–H groups in total. The fourth-order valence-corrected chi connectivity index (χ4v) is 1.90. The molecule has 0 unspecified atom stereocenters. The van der Waals surface area contributed by atoms with Crippen molar-refractivity contribution in [2.24, 2.45) is 0 Å². The highest BCUT2D eigenvalue weighted by atomic mass is 16.4. The van der Waals surface area contributed by atoms with Crippen molar-refractivity contribution in [1.29, 1.82) is 0 Å².